The Labute approximate surface area is 120 Å². The van der Waals surface area contributed by atoms with Crippen LogP contribution in [0.15, 0.2) is 23.6 Å². The fourth-order valence-electron chi connectivity index (χ4n) is 1.50. The molecule has 2 N–H and O–H groups in total. The topological polar surface area (TPSA) is 91.3 Å². The van der Waals surface area contributed by atoms with Crippen molar-refractivity contribution in [2.24, 2.45) is 0 Å². The summed E-state index contributed by atoms with van der Waals surface area (Å²) in [7, 11) is 0. The van der Waals surface area contributed by atoms with Crippen molar-refractivity contribution in [3.05, 3.63) is 45.0 Å². The van der Waals surface area contributed by atoms with Gasteiger partial charge < -0.3 is 10.5 Å². The van der Waals surface area contributed by atoms with Crippen LogP contribution in [-0.2, 0) is 12.8 Å². The zero-order chi connectivity index (χ0) is 15.6. The molecule has 0 saturated heterocycles. The molecule has 2 rings (SSSR count). The predicted octanol–water partition coefficient (Wildman–Crippen LogP) is 3.23. The van der Waals surface area contributed by atoms with Gasteiger partial charge in [0, 0.05) is 11.4 Å². The van der Waals surface area contributed by atoms with E-state index < -0.39 is 22.4 Å². The van der Waals surface area contributed by atoms with E-state index in [2.05, 4.69) is 4.98 Å². The molecular formula is C11H8F3N3O3S. The first-order valence-corrected chi connectivity index (χ1v) is 6.33. The molecule has 1 aromatic heterocycles. The molecule has 1 aromatic carbocycles. The van der Waals surface area contributed by atoms with Crippen LogP contribution in [0.5, 0.6) is 5.75 Å². The van der Waals surface area contributed by atoms with Gasteiger partial charge in [-0.25, -0.2) is 4.98 Å². The van der Waals surface area contributed by atoms with Gasteiger partial charge in [-0.05, 0) is 12.1 Å². The number of nitro groups is 1. The van der Waals surface area contributed by atoms with E-state index in [1.807, 2.05) is 0 Å². The lowest BCUT2D eigenvalue weighted by molar-refractivity contribution is -0.386. The van der Waals surface area contributed by atoms with Gasteiger partial charge in [-0.3, -0.25) is 10.1 Å². The van der Waals surface area contributed by atoms with Gasteiger partial charge >= 0.3 is 11.9 Å². The maximum absolute atomic E-state index is 12.5. The van der Waals surface area contributed by atoms with E-state index in [9.17, 15) is 23.3 Å². The van der Waals surface area contributed by atoms with Crippen LogP contribution in [0.1, 0.15) is 11.3 Å². The van der Waals surface area contributed by atoms with Crippen LogP contribution in [0.4, 0.5) is 24.0 Å². The zero-order valence-electron chi connectivity index (χ0n) is 10.3. The number of hydrogen-bond acceptors (Lipinski definition) is 6. The molecule has 112 valence electrons. The van der Waals surface area contributed by atoms with Crippen molar-refractivity contribution >= 4 is 22.2 Å². The van der Waals surface area contributed by atoms with E-state index in [0.717, 1.165) is 23.5 Å². The normalized spacial score (nSPS) is 11.4. The number of alkyl halides is 3. The Balaban J connectivity index is 2.24. The summed E-state index contributed by atoms with van der Waals surface area (Å²) in [6.45, 7) is -0.125. The number of ether oxygens (including phenoxy) is 1. The molecule has 0 fully saturated rings. The van der Waals surface area contributed by atoms with Crippen molar-refractivity contribution < 1.29 is 22.8 Å². The molecule has 1 heterocycles. The number of nitro benzene ring substituents is 1. The number of thiazole rings is 1. The van der Waals surface area contributed by atoms with Crippen molar-refractivity contribution in [3.63, 3.8) is 0 Å². The molecule has 0 aliphatic heterocycles. The molecule has 0 saturated carbocycles. The lowest BCUT2D eigenvalue weighted by Crippen LogP contribution is -2.07. The highest BCUT2D eigenvalue weighted by atomic mass is 32.1. The number of hydrogen-bond donors (Lipinski definition) is 1. The molecule has 6 nitrogen and oxygen atoms in total. The Morgan fingerprint density at radius 3 is 2.67 bits per heavy atom. The smallest absolute Gasteiger partial charge is 0.416 e. The van der Waals surface area contributed by atoms with Gasteiger partial charge in [-0.2, -0.15) is 13.2 Å². The first kappa shape index (κ1) is 15.0. The molecule has 2 aromatic rings. The van der Waals surface area contributed by atoms with Crippen LogP contribution in [0.2, 0.25) is 0 Å². The molecule has 21 heavy (non-hydrogen) atoms. The van der Waals surface area contributed by atoms with Gasteiger partial charge in [0.15, 0.2) is 10.9 Å². The minimum Gasteiger partial charge on any atom is -0.480 e. The quantitative estimate of drug-likeness (QED) is 0.690. The SMILES string of the molecule is Nc1nc(COc2ccc(C(F)(F)F)cc2[N+](=O)[O-])cs1. The summed E-state index contributed by atoms with van der Waals surface area (Å²) < 4.78 is 42.7. The van der Waals surface area contributed by atoms with E-state index in [-0.39, 0.29) is 12.4 Å². The second-order valence-electron chi connectivity index (χ2n) is 3.90. The number of aromatic nitrogens is 1. The summed E-state index contributed by atoms with van der Waals surface area (Å²) >= 11 is 1.16. The third-order valence-corrected chi connectivity index (χ3v) is 3.15. The van der Waals surface area contributed by atoms with E-state index in [4.69, 9.17) is 10.5 Å². The van der Waals surface area contributed by atoms with Crippen LogP contribution in [-0.4, -0.2) is 9.91 Å². The van der Waals surface area contributed by atoms with E-state index in [1.165, 1.54) is 0 Å². The monoisotopic (exact) mass is 319 g/mol. The molecule has 10 heteroatoms. The van der Waals surface area contributed by atoms with E-state index >= 15 is 0 Å². The maximum atomic E-state index is 12.5. The van der Waals surface area contributed by atoms with Crippen molar-refractivity contribution in [1.82, 2.24) is 4.98 Å². The van der Waals surface area contributed by atoms with Gasteiger partial charge in [0.1, 0.15) is 6.61 Å². The Bertz CT molecular complexity index is 672. The van der Waals surface area contributed by atoms with Crippen molar-refractivity contribution in [2.75, 3.05) is 5.73 Å². The van der Waals surface area contributed by atoms with Gasteiger partial charge in [-0.1, -0.05) is 0 Å². The van der Waals surface area contributed by atoms with Crippen LogP contribution < -0.4 is 10.5 Å². The van der Waals surface area contributed by atoms with Gasteiger partial charge in [-0.15, -0.1) is 11.3 Å². The highest BCUT2D eigenvalue weighted by Gasteiger charge is 2.33. The largest absolute Gasteiger partial charge is 0.480 e. The number of benzene rings is 1. The summed E-state index contributed by atoms with van der Waals surface area (Å²) in [6, 6.07) is 2.07. The number of halogens is 3. The van der Waals surface area contributed by atoms with E-state index in [1.54, 1.807) is 5.38 Å². The molecule has 0 amide bonds. The summed E-state index contributed by atoms with van der Waals surface area (Å²) in [6.07, 6.45) is -4.66. The fourth-order valence-corrected chi connectivity index (χ4v) is 2.05. The number of nitrogens with zero attached hydrogens (tertiary/aromatic N) is 2. The Morgan fingerprint density at radius 1 is 1.43 bits per heavy atom. The highest BCUT2D eigenvalue weighted by Crippen LogP contribution is 2.36. The van der Waals surface area contributed by atoms with Gasteiger partial charge in [0.2, 0.25) is 0 Å². The Hall–Kier alpha value is -2.36. The minimum absolute atomic E-state index is 0.125. The molecule has 0 bridgehead atoms. The molecule has 0 spiro atoms. The molecular weight excluding hydrogens is 311 g/mol. The van der Waals surface area contributed by atoms with E-state index in [0.29, 0.717) is 16.9 Å². The molecule has 0 unspecified atom stereocenters. The Kier molecular flexibility index (Phi) is 3.98. The number of nitrogen functional groups attached to an aromatic ring is 1. The fraction of sp³-hybridized carbons (Fsp3) is 0.182. The first-order chi connectivity index (χ1) is 9.77. The van der Waals surface area contributed by atoms with Crippen LogP contribution in [0, 0.1) is 10.1 Å². The lowest BCUT2D eigenvalue weighted by atomic mass is 10.2. The van der Waals surface area contributed by atoms with Crippen LogP contribution in [0.25, 0.3) is 0 Å². The third kappa shape index (κ3) is 3.60. The van der Waals surface area contributed by atoms with Crippen molar-refractivity contribution in [3.8, 4) is 5.75 Å². The number of nitrogens with two attached hydrogens (primary N) is 1. The average molecular weight is 319 g/mol. The Morgan fingerprint density at radius 2 is 2.14 bits per heavy atom. The molecule has 0 atom stereocenters. The van der Waals surface area contributed by atoms with Crippen molar-refractivity contribution in [1.29, 1.82) is 0 Å². The standard InChI is InChI=1S/C11H8F3N3O3S/c12-11(13,14)6-1-2-9(8(3-6)17(18)19)20-4-7-5-21-10(15)16-7/h1-3,5H,4H2,(H2,15,16). The zero-order valence-corrected chi connectivity index (χ0v) is 11.1. The minimum atomic E-state index is -4.66. The van der Waals surface area contributed by atoms with Crippen LogP contribution >= 0.6 is 11.3 Å². The second-order valence-corrected chi connectivity index (χ2v) is 4.79. The number of anilines is 1. The number of rotatable bonds is 4. The van der Waals surface area contributed by atoms with Crippen LogP contribution in [0.3, 0.4) is 0 Å². The van der Waals surface area contributed by atoms with Gasteiger partial charge in [0.05, 0.1) is 16.2 Å². The first-order valence-electron chi connectivity index (χ1n) is 5.45. The summed E-state index contributed by atoms with van der Waals surface area (Å²) in [5, 5.41) is 12.7. The lowest BCUT2D eigenvalue weighted by Gasteiger charge is -2.09. The van der Waals surface area contributed by atoms with Gasteiger partial charge in [0.25, 0.3) is 0 Å². The predicted molar refractivity (Wildman–Crippen MR) is 69.0 cm³/mol. The average Bonchev–Trinajstić information content (AvgIpc) is 2.80. The second kappa shape index (κ2) is 5.56. The summed E-state index contributed by atoms with van der Waals surface area (Å²) in [4.78, 5) is 13.8. The summed E-state index contributed by atoms with van der Waals surface area (Å²) in [5.41, 5.74) is 3.98. The van der Waals surface area contributed by atoms with Crippen molar-refractivity contribution in [2.45, 2.75) is 12.8 Å². The third-order valence-electron chi connectivity index (χ3n) is 2.43. The molecule has 0 aliphatic carbocycles. The highest BCUT2D eigenvalue weighted by molar-refractivity contribution is 7.13. The molecule has 0 radical (unpaired) electrons. The summed E-state index contributed by atoms with van der Waals surface area (Å²) in [5.74, 6) is -0.264. The maximum Gasteiger partial charge on any atom is 0.416 e. The molecule has 0 aliphatic rings.